The number of carbonyl (C=O) groups is 2. The van der Waals surface area contributed by atoms with Gasteiger partial charge in [-0.2, -0.15) is 0 Å². The predicted molar refractivity (Wildman–Crippen MR) is 80.0 cm³/mol. The number of hydrogen-bond acceptors (Lipinski definition) is 5. The SMILES string of the molecule is CCOC(=O)CCNc1c(C(N)=O)cnc2ccccc12. The smallest absolute Gasteiger partial charge is 0.307 e. The van der Waals surface area contributed by atoms with Crippen LogP contribution in [0.15, 0.2) is 30.5 Å². The average Bonchev–Trinajstić information content (AvgIpc) is 2.47. The normalized spacial score (nSPS) is 10.3. The van der Waals surface area contributed by atoms with Gasteiger partial charge in [0.15, 0.2) is 0 Å². The van der Waals surface area contributed by atoms with E-state index in [1.165, 1.54) is 6.20 Å². The van der Waals surface area contributed by atoms with Gasteiger partial charge in [-0.25, -0.2) is 0 Å². The Morgan fingerprint density at radius 1 is 1.33 bits per heavy atom. The van der Waals surface area contributed by atoms with Gasteiger partial charge in [-0.15, -0.1) is 0 Å². The first-order chi connectivity index (χ1) is 10.1. The Morgan fingerprint density at radius 2 is 2.10 bits per heavy atom. The van der Waals surface area contributed by atoms with E-state index in [1.807, 2.05) is 24.3 Å². The third kappa shape index (κ3) is 3.47. The van der Waals surface area contributed by atoms with Crippen LogP contribution in [-0.2, 0) is 9.53 Å². The van der Waals surface area contributed by atoms with Crippen molar-refractivity contribution in [2.45, 2.75) is 13.3 Å². The predicted octanol–water partition coefficient (Wildman–Crippen LogP) is 1.70. The molecule has 2 rings (SSSR count). The molecule has 1 aromatic carbocycles. The summed E-state index contributed by atoms with van der Waals surface area (Å²) >= 11 is 0. The number of ether oxygens (including phenoxy) is 1. The summed E-state index contributed by atoms with van der Waals surface area (Å²) in [6.07, 6.45) is 1.65. The molecule has 0 radical (unpaired) electrons. The molecular weight excluding hydrogens is 270 g/mol. The van der Waals surface area contributed by atoms with E-state index in [9.17, 15) is 9.59 Å². The zero-order valence-electron chi connectivity index (χ0n) is 11.8. The molecule has 110 valence electrons. The van der Waals surface area contributed by atoms with Gasteiger partial charge in [-0.05, 0) is 13.0 Å². The van der Waals surface area contributed by atoms with Crippen LogP contribution in [0.1, 0.15) is 23.7 Å². The number of nitrogens with zero attached hydrogens (tertiary/aromatic N) is 1. The van der Waals surface area contributed by atoms with Crippen molar-refractivity contribution in [3.05, 3.63) is 36.0 Å². The molecule has 1 amide bonds. The van der Waals surface area contributed by atoms with E-state index < -0.39 is 5.91 Å². The number of rotatable bonds is 6. The molecule has 6 heteroatoms. The highest BCUT2D eigenvalue weighted by atomic mass is 16.5. The Bertz CT molecular complexity index is 670. The summed E-state index contributed by atoms with van der Waals surface area (Å²) in [4.78, 5) is 27.1. The van der Waals surface area contributed by atoms with E-state index >= 15 is 0 Å². The molecule has 1 heterocycles. The number of benzene rings is 1. The Labute approximate surface area is 122 Å². The highest BCUT2D eigenvalue weighted by Gasteiger charge is 2.13. The van der Waals surface area contributed by atoms with Crippen molar-refractivity contribution >= 4 is 28.5 Å². The van der Waals surface area contributed by atoms with Gasteiger partial charge < -0.3 is 15.8 Å². The van der Waals surface area contributed by atoms with Gasteiger partial charge in [0.2, 0.25) is 0 Å². The molecule has 6 nitrogen and oxygen atoms in total. The van der Waals surface area contributed by atoms with Crippen molar-refractivity contribution in [2.75, 3.05) is 18.5 Å². The number of pyridine rings is 1. The molecule has 0 aliphatic rings. The first-order valence-electron chi connectivity index (χ1n) is 6.70. The number of nitrogens with two attached hydrogens (primary N) is 1. The molecule has 1 aromatic heterocycles. The fourth-order valence-electron chi connectivity index (χ4n) is 2.04. The first kappa shape index (κ1) is 14.8. The lowest BCUT2D eigenvalue weighted by atomic mass is 10.1. The summed E-state index contributed by atoms with van der Waals surface area (Å²) in [5.74, 6) is -0.851. The standard InChI is InChI=1S/C15H17N3O3/c1-2-21-13(19)7-8-17-14-10-5-3-4-6-12(10)18-9-11(14)15(16)20/h3-6,9H,2,7-8H2,1H3,(H2,16,20)(H,17,18). The van der Waals surface area contributed by atoms with Crippen LogP contribution in [0.3, 0.4) is 0 Å². The molecule has 0 aliphatic carbocycles. The molecule has 0 bridgehead atoms. The maximum atomic E-state index is 11.5. The summed E-state index contributed by atoms with van der Waals surface area (Å²) in [5.41, 5.74) is 7.02. The lowest BCUT2D eigenvalue weighted by molar-refractivity contribution is -0.142. The Hall–Kier alpha value is -2.63. The summed E-state index contributed by atoms with van der Waals surface area (Å²) in [6, 6.07) is 7.41. The Morgan fingerprint density at radius 3 is 2.81 bits per heavy atom. The molecule has 0 saturated carbocycles. The molecule has 0 saturated heterocycles. The molecule has 0 fully saturated rings. The van der Waals surface area contributed by atoms with Crippen molar-refractivity contribution in [2.24, 2.45) is 5.73 Å². The summed E-state index contributed by atoms with van der Waals surface area (Å²) in [5, 5.41) is 3.87. The maximum absolute atomic E-state index is 11.5. The second-order valence-electron chi connectivity index (χ2n) is 4.41. The number of primary amides is 1. The molecule has 0 unspecified atom stereocenters. The third-order valence-electron chi connectivity index (χ3n) is 2.98. The second-order valence-corrected chi connectivity index (χ2v) is 4.41. The van der Waals surface area contributed by atoms with Crippen molar-refractivity contribution in [3.63, 3.8) is 0 Å². The highest BCUT2D eigenvalue weighted by molar-refractivity contribution is 6.06. The lowest BCUT2D eigenvalue weighted by Crippen LogP contribution is -2.17. The first-order valence-corrected chi connectivity index (χ1v) is 6.70. The number of carbonyl (C=O) groups excluding carboxylic acids is 2. The van der Waals surface area contributed by atoms with E-state index in [4.69, 9.17) is 10.5 Å². The van der Waals surface area contributed by atoms with Gasteiger partial charge in [-0.1, -0.05) is 18.2 Å². The minimum atomic E-state index is -0.563. The van der Waals surface area contributed by atoms with E-state index in [2.05, 4.69) is 10.3 Å². The largest absolute Gasteiger partial charge is 0.466 e. The van der Waals surface area contributed by atoms with Crippen LogP contribution in [0.5, 0.6) is 0 Å². The third-order valence-corrected chi connectivity index (χ3v) is 2.98. The average molecular weight is 287 g/mol. The molecule has 3 N–H and O–H groups in total. The summed E-state index contributed by atoms with van der Waals surface area (Å²) in [7, 11) is 0. The maximum Gasteiger partial charge on any atom is 0.307 e. The summed E-state index contributed by atoms with van der Waals surface area (Å²) < 4.78 is 4.86. The fraction of sp³-hybridized carbons (Fsp3) is 0.267. The Kier molecular flexibility index (Phi) is 4.71. The number of hydrogen-bond donors (Lipinski definition) is 2. The van der Waals surface area contributed by atoms with E-state index in [0.717, 1.165) is 10.9 Å². The number of esters is 1. The van der Waals surface area contributed by atoms with E-state index in [0.29, 0.717) is 24.4 Å². The topological polar surface area (TPSA) is 94.3 Å². The molecule has 0 spiro atoms. The molecule has 0 atom stereocenters. The van der Waals surface area contributed by atoms with Crippen molar-refractivity contribution < 1.29 is 14.3 Å². The van der Waals surface area contributed by atoms with Crippen LogP contribution in [0.4, 0.5) is 5.69 Å². The van der Waals surface area contributed by atoms with Crippen LogP contribution in [0, 0.1) is 0 Å². The van der Waals surface area contributed by atoms with Gasteiger partial charge in [0, 0.05) is 18.1 Å². The zero-order valence-corrected chi connectivity index (χ0v) is 11.8. The Balaban J connectivity index is 2.25. The van der Waals surface area contributed by atoms with Crippen molar-refractivity contribution in [1.82, 2.24) is 4.98 Å². The molecule has 0 aliphatic heterocycles. The van der Waals surface area contributed by atoms with Gasteiger partial charge in [0.1, 0.15) is 0 Å². The number of para-hydroxylation sites is 1. The van der Waals surface area contributed by atoms with Crippen LogP contribution < -0.4 is 11.1 Å². The quantitative estimate of drug-likeness (QED) is 0.788. The minimum absolute atomic E-state index is 0.211. The van der Waals surface area contributed by atoms with Gasteiger partial charge in [0.25, 0.3) is 5.91 Å². The number of amides is 1. The monoisotopic (exact) mass is 287 g/mol. The van der Waals surface area contributed by atoms with E-state index in [-0.39, 0.29) is 12.4 Å². The fourth-order valence-corrected chi connectivity index (χ4v) is 2.04. The molecule has 2 aromatic rings. The molecule has 21 heavy (non-hydrogen) atoms. The molecular formula is C15H17N3O3. The second kappa shape index (κ2) is 6.69. The zero-order chi connectivity index (χ0) is 15.2. The van der Waals surface area contributed by atoms with Crippen LogP contribution in [-0.4, -0.2) is 30.0 Å². The van der Waals surface area contributed by atoms with Crippen molar-refractivity contribution in [3.8, 4) is 0 Å². The summed E-state index contributed by atoms with van der Waals surface area (Å²) in [6.45, 7) is 2.46. The number of fused-ring (bicyclic) bond motifs is 1. The minimum Gasteiger partial charge on any atom is -0.466 e. The van der Waals surface area contributed by atoms with Crippen LogP contribution in [0.25, 0.3) is 10.9 Å². The number of nitrogens with one attached hydrogen (secondary N) is 1. The van der Waals surface area contributed by atoms with Gasteiger partial charge in [0.05, 0.1) is 29.8 Å². The van der Waals surface area contributed by atoms with Gasteiger partial charge >= 0.3 is 5.97 Å². The van der Waals surface area contributed by atoms with E-state index in [1.54, 1.807) is 6.92 Å². The lowest BCUT2D eigenvalue weighted by Gasteiger charge is -2.12. The number of anilines is 1. The van der Waals surface area contributed by atoms with Crippen molar-refractivity contribution in [1.29, 1.82) is 0 Å². The van der Waals surface area contributed by atoms with Crippen LogP contribution >= 0.6 is 0 Å². The number of aromatic nitrogens is 1. The highest BCUT2D eigenvalue weighted by Crippen LogP contribution is 2.25. The van der Waals surface area contributed by atoms with Gasteiger partial charge in [-0.3, -0.25) is 14.6 Å². The van der Waals surface area contributed by atoms with Crippen LogP contribution in [0.2, 0.25) is 0 Å².